The Hall–Kier alpha value is -3.06. The number of carbonyl (C=O) groups is 2. The fraction of sp³-hybridized carbons (Fsp3) is 0.0526. The molecule has 0 atom stereocenters. The van der Waals surface area contributed by atoms with Crippen molar-refractivity contribution >= 4 is 46.9 Å². The molecule has 1 amide bonds. The summed E-state index contributed by atoms with van der Waals surface area (Å²) in [5.74, 6) is -1.90. The van der Waals surface area contributed by atoms with Gasteiger partial charge in [-0.25, -0.2) is 4.79 Å². The number of benzene rings is 3. The third kappa shape index (κ3) is 5.47. The zero-order valence-corrected chi connectivity index (χ0v) is 16.6. The van der Waals surface area contributed by atoms with Crippen LogP contribution in [0.4, 0.5) is 5.69 Å². The summed E-state index contributed by atoms with van der Waals surface area (Å²) < 4.78 is 28.4. The molecule has 3 aromatic rings. The Morgan fingerprint density at radius 3 is 2.14 bits per heavy atom. The van der Waals surface area contributed by atoms with E-state index in [9.17, 15) is 18.4 Å². The summed E-state index contributed by atoms with van der Waals surface area (Å²) in [6, 6.07) is 16.6. The second kappa shape index (κ2) is 8.75. The SMILES string of the molecule is CC(=O)Nc1cccc([As](=O)(O)O)c1O.O=C(O)c1ccc2ccccc2c1. The van der Waals surface area contributed by atoms with Crippen molar-refractivity contribution in [1.82, 2.24) is 0 Å². The van der Waals surface area contributed by atoms with Gasteiger partial charge in [0.05, 0.1) is 5.56 Å². The number of phenols is 1. The monoisotopic (exact) mass is 447 g/mol. The molecule has 0 unspecified atom stereocenters. The Morgan fingerprint density at radius 1 is 0.929 bits per heavy atom. The van der Waals surface area contributed by atoms with E-state index in [2.05, 4.69) is 5.32 Å². The number of nitrogens with one attached hydrogen (secondary N) is 1. The second-order valence-corrected chi connectivity index (χ2v) is 9.06. The summed E-state index contributed by atoms with van der Waals surface area (Å²) in [4.78, 5) is 21.4. The fourth-order valence-electron chi connectivity index (χ4n) is 2.38. The molecule has 0 bridgehead atoms. The van der Waals surface area contributed by atoms with E-state index in [4.69, 9.17) is 13.3 Å². The van der Waals surface area contributed by atoms with E-state index in [-0.39, 0.29) is 5.69 Å². The molecule has 3 rings (SSSR count). The quantitative estimate of drug-likeness (QED) is 0.302. The Labute approximate surface area is 163 Å². The van der Waals surface area contributed by atoms with Crippen molar-refractivity contribution in [3.05, 3.63) is 66.2 Å². The zero-order valence-electron chi connectivity index (χ0n) is 14.7. The van der Waals surface area contributed by atoms with Crippen LogP contribution >= 0.6 is 0 Å². The smallest absolute Gasteiger partial charge is 0.335 e. The van der Waals surface area contributed by atoms with Crippen molar-refractivity contribution < 1.29 is 31.7 Å². The maximum Gasteiger partial charge on any atom is 0.335 e. The number of phenolic OH excluding ortho intramolecular Hbond substituents is 1. The molecule has 9 heteroatoms. The average molecular weight is 447 g/mol. The van der Waals surface area contributed by atoms with Gasteiger partial charge in [0.25, 0.3) is 0 Å². The standard InChI is InChI=1S/C11H8O2.C8H10AsNO5/c12-11(13)10-6-5-8-3-1-2-4-9(8)7-10;1-5(11)10-7-4-2-3-6(8(7)12)9(13,14)15/h1-7H,(H,12,13);2-4,12H,1H3,(H,10,11)(H2,13,14,15). The topological polar surface area (TPSA) is 144 Å². The molecule has 28 heavy (non-hydrogen) atoms. The second-order valence-electron chi connectivity index (χ2n) is 5.77. The molecule has 0 heterocycles. The summed E-state index contributed by atoms with van der Waals surface area (Å²) in [7, 11) is 0. The van der Waals surface area contributed by atoms with Crippen LogP contribution < -0.4 is 9.67 Å². The van der Waals surface area contributed by atoms with Gasteiger partial charge in [-0.3, -0.25) is 0 Å². The van der Waals surface area contributed by atoms with Crippen LogP contribution in [0.2, 0.25) is 0 Å². The van der Waals surface area contributed by atoms with Crippen LogP contribution in [0.1, 0.15) is 17.3 Å². The van der Waals surface area contributed by atoms with Crippen LogP contribution in [-0.4, -0.2) is 44.5 Å². The number of aromatic hydroxyl groups is 1. The van der Waals surface area contributed by atoms with Gasteiger partial charge in [-0.05, 0) is 22.9 Å². The summed E-state index contributed by atoms with van der Waals surface area (Å²) in [5, 5.41) is 22.5. The predicted octanol–water partition coefficient (Wildman–Crippen LogP) is 1.45. The summed E-state index contributed by atoms with van der Waals surface area (Å²) >= 11 is -5.15. The fourth-order valence-corrected chi connectivity index (χ4v) is 3.80. The van der Waals surface area contributed by atoms with Gasteiger partial charge in [-0.2, -0.15) is 0 Å². The van der Waals surface area contributed by atoms with Crippen molar-refractivity contribution in [2.24, 2.45) is 0 Å². The number of para-hydroxylation sites is 1. The summed E-state index contributed by atoms with van der Waals surface area (Å²) in [5.41, 5.74) is 0.323. The minimum atomic E-state index is -5.15. The van der Waals surface area contributed by atoms with E-state index < -0.39 is 36.1 Å². The van der Waals surface area contributed by atoms with Crippen LogP contribution in [0.15, 0.2) is 60.7 Å². The number of anilines is 1. The molecule has 0 aromatic heterocycles. The van der Waals surface area contributed by atoms with Crippen molar-refractivity contribution in [3.63, 3.8) is 0 Å². The van der Waals surface area contributed by atoms with E-state index in [1.807, 2.05) is 30.3 Å². The molecule has 0 saturated heterocycles. The number of carboxylic acid groups (broad SMARTS) is 1. The normalized spacial score (nSPS) is 10.7. The van der Waals surface area contributed by atoms with E-state index >= 15 is 0 Å². The molecule has 0 saturated carbocycles. The third-order valence-electron chi connectivity index (χ3n) is 3.64. The molecular formula is C19H18AsNO7. The number of fused-ring (bicyclic) bond motifs is 1. The van der Waals surface area contributed by atoms with Crippen molar-refractivity contribution in [1.29, 1.82) is 0 Å². The molecule has 0 aliphatic rings. The minimum Gasteiger partial charge on any atom is -0.478 e. The molecule has 8 nitrogen and oxygen atoms in total. The van der Waals surface area contributed by atoms with Gasteiger partial charge >= 0.3 is 94.1 Å². The molecule has 146 valence electrons. The third-order valence-corrected chi connectivity index (χ3v) is 5.71. The van der Waals surface area contributed by atoms with Crippen molar-refractivity contribution in [2.75, 3.05) is 5.32 Å². The van der Waals surface area contributed by atoms with Crippen LogP contribution in [0.5, 0.6) is 5.75 Å². The first-order valence-electron chi connectivity index (χ1n) is 7.97. The van der Waals surface area contributed by atoms with E-state index in [1.54, 1.807) is 12.1 Å². The molecular weight excluding hydrogens is 429 g/mol. The molecule has 0 aliphatic carbocycles. The van der Waals surface area contributed by atoms with Crippen molar-refractivity contribution in [2.45, 2.75) is 6.92 Å². The zero-order chi connectivity index (χ0) is 20.9. The molecule has 5 N–H and O–H groups in total. The van der Waals surface area contributed by atoms with Gasteiger partial charge in [-0.15, -0.1) is 0 Å². The minimum absolute atomic E-state index is 0.00951. The largest absolute Gasteiger partial charge is 0.478 e. The van der Waals surface area contributed by atoms with Gasteiger partial charge < -0.3 is 5.11 Å². The molecule has 0 fully saturated rings. The number of amides is 1. The number of carboxylic acids is 1. The maximum absolute atomic E-state index is 11.0. The summed E-state index contributed by atoms with van der Waals surface area (Å²) in [6.07, 6.45) is 0. The van der Waals surface area contributed by atoms with E-state index in [1.165, 1.54) is 19.1 Å². The van der Waals surface area contributed by atoms with Crippen LogP contribution in [0, 0.1) is 0 Å². The summed E-state index contributed by atoms with van der Waals surface area (Å²) in [6.45, 7) is 1.23. The van der Waals surface area contributed by atoms with E-state index in [0.717, 1.165) is 16.8 Å². The maximum atomic E-state index is 11.0. The number of carbonyl (C=O) groups excluding carboxylic acids is 1. The van der Waals surface area contributed by atoms with Crippen LogP contribution in [0.25, 0.3) is 10.8 Å². The molecule has 0 aliphatic heterocycles. The van der Waals surface area contributed by atoms with Crippen LogP contribution in [-0.2, 0) is 8.53 Å². The van der Waals surface area contributed by atoms with Gasteiger partial charge in [0.1, 0.15) is 0 Å². The Balaban J connectivity index is 0.000000202. The van der Waals surface area contributed by atoms with Crippen LogP contribution in [0.3, 0.4) is 0 Å². The Morgan fingerprint density at radius 2 is 1.57 bits per heavy atom. The molecule has 3 aromatic carbocycles. The van der Waals surface area contributed by atoms with Gasteiger partial charge in [-0.1, -0.05) is 30.3 Å². The molecule has 0 radical (unpaired) electrons. The van der Waals surface area contributed by atoms with Gasteiger partial charge in [0.2, 0.25) is 0 Å². The number of aromatic carboxylic acids is 1. The van der Waals surface area contributed by atoms with E-state index in [0.29, 0.717) is 5.56 Å². The average Bonchev–Trinajstić information content (AvgIpc) is 2.62. The number of hydrogen-bond donors (Lipinski definition) is 5. The Kier molecular flexibility index (Phi) is 6.64. The Bertz CT molecular complexity index is 1070. The first kappa shape index (κ1) is 21.2. The first-order valence-corrected chi connectivity index (χ1v) is 11.4. The predicted molar refractivity (Wildman–Crippen MR) is 104 cm³/mol. The molecule has 0 spiro atoms. The number of hydrogen-bond acceptors (Lipinski definition) is 4. The van der Waals surface area contributed by atoms with Gasteiger partial charge in [0.15, 0.2) is 0 Å². The van der Waals surface area contributed by atoms with Gasteiger partial charge in [0, 0.05) is 0 Å². The van der Waals surface area contributed by atoms with Crippen molar-refractivity contribution in [3.8, 4) is 5.75 Å². The number of rotatable bonds is 3. The first-order chi connectivity index (χ1) is 13.1.